The fourth-order valence-electron chi connectivity index (χ4n) is 1.35. The number of hydrogen-bond acceptors (Lipinski definition) is 4. The van der Waals surface area contributed by atoms with Crippen LogP contribution in [0.1, 0.15) is 19.2 Å². The van der Waals surface area contributed by atoms with Crippen LogP contribution in [0.4, 0.5) is 5.69 Å². The molecule has 2 aromatic rings. The summed E-state index contributed by atoms with van der Waals surface area (Å²) >= 11 is 0. The number of nitrogens with zero attached hydrogens (tertiary/aromatic N) is 3. The highest BCUT2D eigenvalue weighted by Crippen LogP contribution is 2.15. The Labute approximate surface area is 87.8 Å². The van der Waals surface area contributed by atoms with E-state index in [4.69, 9.17) is 5.73 Å². The van der Waals surface area contributed by atoms with E-state index in [2.05, 4.69) is 27.1 Å². The standard InChI is InChI=1S/C10H13N5/c1-2-3-9-13-10(15-14-9)7-4-8(11)6-12-5-7/h4-6H,2-3,11H2,1H3,(H,13,14,15). The summed E-state index contributed by atoms with van der Waals surface area (Å²) in [7, 11) is 0. The summed E-state index contributed by atoms with van der Waals surface area (Å²) in [6.45, 7) is 2.10. The Bertz CT molecular complexity index is 449. The molecule has 0 saturated heterocycles. The summed E-state index contributed by atoms with van der Waals surface area (Å²) < 4.78 is 0. The number of nitrogens with one attached hydrogen (secondary N) is 1. The fraction of sp³-hybridized carbons (Fsp3) is 0.300. The highest BCUT2D eigenvalue weighted by atomic mass is 15.2. The van der Waals surface area contributed by atoms with E-state index < -0.39 is 0 Å². The fourth-order valence-corrected chi connectivity index (χ4v) is 1.35. The van der Waals surface area contributed by atoms with Crippen LogP contribution in [-0.4, -0.2) is 20.2 Å². The molecule has 0 aliphatic carbocycles. The summed E-state index contributed by atoms with van der Waals surface area (Å²) in [5.74, 6) is 1.55. The first-order valence-corrected chi connectivity index (χ1v) is 4.91. The molecule has 78 valence electrons. The van der Waals surface area contributed by atoms with Crippen LogP contribution < -0.4 is 5.73 Å². The van der Waals surface area contributed by atoms with Gasteiger partial charge in [0.05, 0.1) is 5.69 Å². The Morgan fingerprint density at radius 1 is 1.40 bits per heavy atom. The van der Waals surface area contributed by atoms with Crippen LogP contribution in [0.3, 0.4) is 0 Å². The monoisotopic (exact) mass is 203 g/mol. The number of anilines is 1. The Morgan fingerprint density at radius 3 is 3.00 bits per heavy atom. The molecule has 2 aromatic heterocycles. The van der Waals surface area contributed by atoms with E-state index in [-0.39, 0.29) is 0 Å². The van der Waals surface area contributed by atoms with Crippen molar-refractivity contribution in [3.8, 4) is 11.4 Å². The number of aromatic amines is 1. The van der Waals surface area contributed by atoms with E-state index >= 15 is 0 Å². The molecule has 2 rings (SSSR count). The average molecular weight is 203 g/mol. The number of nitrogen functional groups attached to an aromatic ring is 1. The van der Waals surface area contributed by atoms with Gasteiger partial charge in [0.1, 0.15) is 5.82 Å². The molecule has 3 N–H and O–H groups in total. The number of H-pyrrole nitrogens is 1. The van der Waals surface area contributed by atoms with Gasteiger partial charge in [-0.2, -0.15) is 5.10 Å². The van der Waals surface area contributed by atoms with Crippen molar-refractivity contribution < 1.29 is 0 Å². The van der Waals surface area contributed by atoms with Crippen molar-refractivity contribution in [1.82, 2.24) is 20.2 Å². The summed E-state index contributed by atoms with van der Waals surface area (Å²) in [4.78, 5) is 8.35. The molecule has 0 spiro atoms. The minimum absolute atomic E-state index is 0.620. The van der Waals surface area contributed by atoms with Crippen LogP contribution in [0.2, 0.25) is 0 Å². The van der Waals surface area contributed by atoms with Crippen molar-refractivity contribution in [2.45, 2.75) is 19.8 Å². The van der Waals surface area contributed by atoms with Crippen LogP contribution in [0.25, 0.3) is 11.4 Å². The lowest BCUT2D eigenvalue weighted by molar-refractivity contribution is 0.841. The van der Waals surface area contributed by atoms with Crippen LogP contribution in [-0.2, 0) is 6.42 Å². The third-order valence-electron chi connectivity index (χ3n) is 2.04. The van der Waals surface area contributed by atoms with Gasteiger partial charge in [0.15, 0.2) is 5.82 Å². The maximum Gasteiger partial charge on any atom is 0.182 e. The Morgan fingerprint density at radius 2 is 2.27 bits per heavy atom. The van der Waals surface area contributed by atoms with Crippen LogP contribution in [0, 0.1) is 0 Å². The molecule has 0 amide bonds. The van der Waals surface area contributed by atoms with Gasteiger partial charge in [-0.25, -0.2) is 4.98 Å². The molecule has 0 aromatic carbocycles. The SMILES string of the molecule is CCCc1nc(-c2cncc(N)c2)n[nH]1. The molecular formula is C10H13N5. The van der Waals surface area contributed by atoms with E-state index in [9.17, 15) is 0 Å². The van der Waals surface area contributed by atoms with Crippen LogP contribution >= 0.6 is 0 Å². The summed E-state index contributed by atoms with van der Waals surface area (Å²) in [5.41, 5.74) is 7.09. The van der Waals surface area contributed by atoms with Gasteiger partial charge in [-0.15, -0.1) is 0 Å². The number of nitrogens with two attached hydrogens (primary N) is 1. The van der Waals surface area contributed by atoms with Gasteiger partial charge in [0, 0.05) is 24.4 Å². The first-order valence-electron chi connectivity index (χ1n) is 4.91. The molecule has 15 heavy (non-hydrogen) atoms. The molecule has 0 saturated carbocycles. The van der Waals surface area contributed by atoms with Gasteiger partial charge < -0.3 is 5.73 Å². The highest BCUT2D eigenvalue weighted by Gasteiger charge is 2.05. The van der Waals surface area contributed by atoms with Gasteiger partial charge >= 0.3 is 0 Å². The first-order chi connectivity index (χ1) is 7.29. The van der Waals surface area contributed by atoms with E-state index in [1.54, 1.807) is 12.4 Å². The van der Waals surface area contributed by atoms with Crippen molar-refractivity contribution in [2.75, 3.05) is 5.73 Å². The topological polar surface area (TPSA) is 80.5 Å². The zero-order valence-corrected chi connectivity index (χ0v) is 8.57. The second-order valence-electron chi connectivity index (χ2n) is 3.36. The summed E-state index contributed by atoms with van der Waals surface area (Å²) in [6.07, 6.45) is 5.25. The minimum atomic E-state index is 0.620. The molecule has 0 aliphatic rings. The molecule has 0 bridgehead atoms. The number of aryl methyl sites for hydroxylation is 1. The van der Waals surface area contributed by atoms with Gasteiger partial charge in [-0.1, -0.05) is 6.92 Å². The second-order valence-corrected chi connectivity index (χ2v) is 3.36. The predicted molar refractivity (Wildman–Crippen MR) is 58.0 cm³/mol. The molecule has 5 heteroatoms. The number of pyridine rings is 1. The van der Waals surface area contributed by atoms with Crippen LogP contribution in [0.15, 0.2) is 18.5 Å². The molecule has 2 heterocycles. The average Bonchev–Trinajstić information content (AvgIpc) is 2.67. The van der Waals surface area contributed by atoms with Crippen molar-refractivity contribution in [3.63, 3.8) is 0 Å². The van der Waals surface area contributed by atoms with Crippen molar-refractivity contribution in [1.29, 1.82) is 0 Å². The lowest BCUT2D eigenvalue weighted by atomic mass is 10.2. The van der Waals surface area contributed by atoms with Crippen molar-refractivity contribution in [2.24, 2.45) is 0 Å². The van der Waals surface area contributed by atoms with E-state index in [0.29, 0.717) is 11.5 Å². The number of hydrogen-bond donors (Lipinski definition) is 2. The first kappa shape index (κ1) is 9.64. The van der Waals surface area contributed by atoms with Crippen LogP contribution in [0.5, 0.6) is 0 Å². The van der Waals surface area contributed by atoms with Gasteiger partial charge in [0.2, 0.25) is 0 Å². The zero-order valence-electron chi connectivity index (χ0n) is 8.57. The van der Waals surface area contributed by atoms with Gasteiger partial charge in [0.25, 0.3) is 0 Å². The van der Waals surface area contributed by atoms with Gasteiger partial charge in [-0.05, 0) is 12.5 Å². The summed E-state index contributed by atoms with van der Waals surface area (Å²) in [5, 5.41) is 7.01. The number of aromatic nitrogens is 4. The molecule has 0 atom stereocenters. The normalized spacial score (nSPS) is 10.5. The maximum absolute atomic E-state index is 5.63. The lowest BCUT2D eigenvalue weighted by Gasteiger charge is -1.95. The zero-order chi connectivity index (χ0) is 10.7. The van der Waals surface area contributed by atoms with Gasteiger partial charge in [-0.3, -0.25) is 10.1 Å². The summed E-state index contributed by atoms with van der Waals surface area (Å²) in [6, 6.07) is 1.81. The van der Waals surface area contributed by atoms with E-state index in [1.807, 2.05) is 6.07 Å². The largest absolute Gasteiger partial charge is 0.397 e. The molecule has 0 radical (unpaired) electrons. The molecule has 0 aliphatic heterocycles. The van der Waals surface area contributed by atoms with E-state index in [1.165, 1.54) is 0 Å². The lowest BCUT2D eigenvalue weighted by Crippen LogP contribution is -1.89. The Balaban J connectivity index is 2.29. The third kappa shape index (κ3) is 2.12. The molecule has 0 unspecified atom stereocenters. The molecule has 0 fully saturated rings. The highest BCUT2D eigenvalue weighted by molar-refractivity contribution is 5.58. The van der Waals surface area contributed by atoms with Crippen molar-refractivity contribution >= 4 is 5.69 Å². The third-order valence-corrected chi connectivity index (χ3v) is 2.04. The molecular weight excluding hydrogens is 190 g/mol. The molecule has 5 nitrogen and oxygen atoms in total. The number of rotatable bonds is 3. The predicted octanol–water partition coefficient (Wildman–Crippen LogP) is 1.40. The second kappa shape index (κ2) is 4.08. The Kier molecular flexibility index (Phi) is 2.62. The quantitative estimate of drug-likeness (QED) is 0.790. The van der Waals surface area contributed by atoms with E-state index in [0.717, 1.165) is 24.2 Å². The van der Waals surface area contributed by atoms with Crippen molar-refractivity contribution in [3.05, 3.63) is 24.3 Å². The Hall–Kier alpha value is -1.91. The minimum Gasteiger partial charge on any atom is -0.397 e. The maximum atomic E-state index is 5.63. The smallest absolute Gasteiger partial charge is 0.182 e.